The zero-order chi connectivity index (χ0) is 9.03. The van der Waals surface area contributed by atoms with Gasteiger partial charge in [-0.1, -0.05) is 0 Å². The molecule has 0 radical (unpaired) electrons. The van der Waals surface area contributed by atoms with Crippen LogP contribution in [0.1, 0.15) is 32.6 Å². The summed E-state index contributed by atoms with van der Waals surface area (Å²) in [5, 5.41) is 0. The van der Waals surface area contributed by atoms with Crippen LogP contribution < -0.4 is 0 Å². The maximum absolute atomic E-state index is 11.5. The smallest absolute Gasteiger partial charge is 0.338 e. The molecule has 0 amide bonds. The lowest BCUT2D eigenvalue weighted by Crippen LogP contribution is -2.39. The molecule has 70 valence electrons. The molecule has 0 unspecified atom stereocenters. The lowest BCUT2D eigenvalue weighted by atomic mass is 10.0. The van der Waals surface area contributed by atoms with Crippen molar-refractivity contribution in [2.24, 2.45) is 0 Å². The van der Waals surface area contributed by atoms with Crippen molar-refractivity contribution in [2.45, 2.75) is 38.2 Å². The molecule has 3 nitrogen and oxygen atoms in total. The molecule has 1 aliphatic rings. The zero-order valence-electron chi connectivity index (χ0n) is 7.76. The summed E-state index contributed by atoms with van der Waals surface area (Å²) in [6.07, 6.45) is 3.74. The maximum Gasteiger partial charge on any atom is 0.338 e. The summed E-state index contributed by atoms with van der Waals surface area (Å²) in [5.74, 6) is -0.190. The van der Waals surface area contributed by atoms with Gasteiger partial charge in [0, 0.05) is 7.11 Å². The minimum atomic E-state index is -0.615. The van der Waals surface area contributed by atoms with Crippen molar-refractivity contribution >= 4 is 5.97 Å². The Kier molecular flexibility index (Phi) is 3.09. The molecule has 1 rings (SSSR count). The predicted molar refractivity (Wildman–Crippen MR) is 44.8 cm³/mol. The van der Waals surface area contributed by atoms with Crippen LogP contribution in [-0.2, 0) is 14.3 Å². The van der Waals surface area contributed by atoms with Crippen LogP contribution in [0.2, 0.25) is 0 Å². The van der Waals surface area contributed by atoms with Crippen molar-refractivity contribution in [1.82, 2.24) is 0 Å². The molecule has 1 saturated carbocycles. The second kappa shape index (κ2) is 3.90. The van der Waals surface area contributed by atoms with Gasteiger partial charge in [-0.3, -0.25) is 0 Å². The number of carbonyl (C=O) groups is 1. The predicted octanol–water partition coefficient (Wildman–Crippen LogP) is 1.51. The Morgan fingerprint density at radius 3 is 2.42 bits per heavy atom. The molecule has 1 fully saturated rings. The molecule has 1 aliphatic carbocycles. The van der Waals surface area contributed by atoms with Crippen molar-refractivity contribution in [3.8, 4) is 0 Å². The fourth-order valence-electron chi connectivity index (χ4n) is 1.70. The van der Waals surface area contributed by atoms with Gasteiger partial charge >= 0.3 is 5.97 Å². The largest absolute Gasteiger partial charge is 0.464 e. The van der Waals surface area contributed by atoms with Gasteiger partial charge in [0.2, 0.25) is 0 Å². The van der Waals surface area contributed by atoms with Gasteiger partial charge in [0.1, 0.15) is 0 Å². The summed E-state index contributed by atoms with van der Waals surface area (Å²) >= 11 is 0. The first-order valence-electron chi connectivity index (χ1n) is 4.47. The van der Waals surface area contributed by atoms with Gasteiger partial charge in [0.15, 0.2) is 5.60 Å². The fourth-order valence-corrected chi connectivity index (χ4v) is 1.70. The Hall–Kier alpha value is -0.570. The van der Waals surface area contributed by atoms with Gasteiger partial charge in [-0.15, -0.1) is 0 Å². The van der Waals surface area contributed by atoms with E-state index in [1.165, 1.54) is 0 Å². The molecule has 0 atom stereocenters. The summed E-state index contributed by atoms with van der Waals surface area (Å²) in [6, 6.07) is 0. The number of ether oxygens (including phenoxy) is 2. The lowest BCUT2D eigenvalue weighted by Gasteiger charge is -2.24. The molecule has 3 heteroatoms. The molecule has 0 aromatic carbocycles. The number of methoxy groups -OCH3 is 1. The normalized spacial score (nSPS) is 20.8. The summed E-state index contributed by atoms with van der Waals surface area (Å²) in [4.78, 5) is 11.5. The first-order valence-corrected chi connectivity index (χ1v) is 4.47. The molecule has 0 bridgehead atoms. The summed E-state index contributed by atoms with van der Waals surface area (Å²) in [6.45, 7) is 2.25. The van der Waals surface area contributed by atoms with E-state index in [-0.39, 0.29) is 5.97 Å². The average molecular weight is 172 g/mol. The van der Waals surface area contributed by atoms with E-state index in [1.54, 1.807) is 7.11 Å². The van der Waals surface area contributed by atoms with E-state index in [2.05, 4.69) is 0 Å². The third-order valence-electron chi connectivity index (χ3n) is 2.45. The van der Waals surface area contributed by atoms with Gasteiger partial charge in [0.25, 0.3) is 0 Å². The number of rotatable bonds is 3. The first-order chi connectivity index (χ1) is 5.75. The van der Waals surface area contributed by atoms with Crippen LogP contribution in [-0.4, -0.2) is 25.3 Å². The second-order valence-corrected chi connectivity index (χ2v) is 3.13. The Bertz CT molecular complexity index is 159. The van der Waals surface area contributed by atoms with E-state index in [9.17, 15) is 4.79 Å². The summed E-state index contributed by atoms with van der Waals surface area (Å²) in [7, 11) is 1.59. The Balaban J connectivity index is 2.59. The number of hydrogen-bond acceptors (Lipinski definition) is 3. The van der Waals surface area contributed by atoms with E-state index >= 15 is 0 Å². The van der Waals surface area contributed by atoms with Gasteiger partial charge in [-0.2, -0.15) is 0 Å². The number of carbonyl (C=O) groups excluding carboxylic acids is 1. The van der Waals surface area contributed by atoms with E-state index in [0.717, 1.165) is 25.7 Å². The minimum absolute atomic E-state index is 0.190. The highest BCUT2D eigenvalue weighted by Gasteiger charge is 2.42. The standard InChI is InChI=1S/C9H16O3/c1-3-12-8(10)9(11-2)6-4-5-7-9/h3-7H2,1-2H3. The van der Waals surface area contributed by atoms with Crippen LogP contribution in [0, 0.1) is 0 Å². The third kappa shape index (κ3) is 1.61. The molecule has 0 aliphatic heterocycles. The van der Waals surface area contributed by atoms with Crippen LogP contribution in [0.3, 0.4) is 0 Å². The highest BCUT2D eigenvalue weighted by Crippen LogP contribution is 2.33. The quantitative estimate of drug-likeness (QED) is 0.605. The third-order valence-corrected chi connectivity index (χ3v) is 2.45. The van der Waals surface area contributed by atoms with Crippen molar-refractivity contribution in [3.63, 3.8) is 0 Å². The van der Waals surface area contributed by atoms with Gasteiger partial charge in [-0.25, -0.2) is 4.79 Å². The molecule has 0 aromatic rings. The van der Waals surface area contributed by atoms with E-state index in [4.69, 9.17) is 9.47 Å². The van der Waals surface area contributed by atoms with Crippen molar-refractivity contribution in [3.05, 3.63) is 0 Å². The molecule has 0 aromatic heterocycles. The number of hydrogen-bond donors (Lipinski definition) is 0. The molecule has 0 saturated heterocycles. The minimum Gasteiger partial charge on any atom is -0.464 e. The highest BCUT2D eigenvalue weighted by atomic mass is 16.6. The molecule has 12 heavy (non-hydrogen) atoms. The molecular weight excluding hydrogens is 156 g/mol. The second-order valence-electron chi connectivity index (χ2n) is 3.13. The van der Waals surface area contributed by atoms with Gasteiger partial charge < -0.3 is 9.47 Å². The zero-order valence-corrected chi connectivity index (χ0v) is 7.76. The molecule has 0 N–H and O–H groups in total. The van der Waals surface area contributed by atoms with E-state index < -0.39 is 5.60 Å². The maximum atomic E-state index is 11.5. The number of esters is 1. The first kappa shape index (κ1) is 9.52. The van der Waals surface area contributed by atoms with Crippen molar-refractivity contribution < 1.29 is 14.3 Å². The van der Waals surface area contributed by atoms with E-state index in [1.807, 2.05) is 6.92 Å². The molecule has 0 heterocycles. The Morgan fingerprint density at radius 1 is 1.42 bits per heavy atom. The fraction of sp³-hybridized carbons (Fsp3) is 0.889. The van der Waals surface area contributed by atoms with Crippen molar-refractivity contribution in [2.75, 3.05) is 13.7 Å². The average Bonchev–Trinajstić information content (AvgIpc) is 2.54. The summed E-state index contributed by atoms with van der Waals surface area (Å²) < 4.78 is 10.2. The Labute approximate surface area is 73.0 Å². The van der Waals surface area contributed by atoms with Crippen molar-refractivity contribution in [1.29, 1.82) is 0 Å². The molecular formula is C9H16O3. The van der Waals surface area contributed by atoms with Crippen LogP contribution in [0.15, 0.2) is 0 Å². The van der Waals surface area contributed by atoms with Crippen LogP contribution in [0.25, 0.3) is 0 Å². The molecule has 0 spiro atoms. The van der Waals surface area contributed by atoms with Gasteiger partial charge in [-0.05, 0) is 32.6 Å². The highest BCUT2D eigenvalue weighted by molar-refractivity contribution is 5.79. The van der Waals surface area contributed by atoms with Gasteiger partial charge in [0.05, 0.1) is 6.61 Å². The SMILES string of the molecule is CCOC(=O)C1(OC)CCCC1. The van der Waals surface area contributed by atoms with Crippen LogP contribution in [0.4, 0.5) is 0 Å². The summed E-state index contributed by atoms with van der Waals surface area (Å²) in [5.41, 5.74) is -0.615. The topological polar surface area (TPSA) is 35.5 Å². The van der Waals surface area contributed by atoms with E-state index in [0.29, 0.717) is 6.61 Å². The Morgan fingerprint density at radius 2 is 2.00 bits per heavy atom. The monoisotopic (exact) mass is 172 g/mol. The van der Waals surface area contributed by atoms with Crippen LogP contribution >= 0.6 is 0 Å². The lowest BCUT2D eigenvalue weighted by molar-refractivity contribution is -0.167. The van der Waals surface area contributed by atoms with Crippen LogP contribution in [0.5, 0.6) is 0 Å².